The summed E-state index contributed by atoms with van der Waals surface area (Å²) in [5.74, 6) is 0.188. The van der Waals surface area contributed by atoms with Crippen LogP contribution in [0.4, 0.5) is 0 Å². The topological polar surface area (TPSA) is 29.1 Å². The van der Waals surface area contributed by atoms with Crippen LogP contribution in [0.5, 0.6) is 0 Å². The summed E-state index contributed by atoms with van der Waals surface area (Å²) in [6.45, 7) is 6.20. The summed E-state index contributed by atoms with van der Waals surface area (Å²) in [4.78, 5) is 11.0. The Morgan fingerprint density at radius 1 is 1.36 bits per heavy atom. The second-order valence-electron chi connectivity index (χ2n) is 3.01. The van der Waals surface area contributed by atoms with E-state index in [-0.39, 0.29) is 5.91 Å². The molecule has 11 heavy (non-hydrogen) atoms. The first kappa shape index (κ1) is 10.5. The lowest BCUT2D eigenvalue weighted by Crippen LogP contribution is -2.31. The van der Waals surface area contributed by atoms with E-state index in [1.165, 1.54) is 0 Å². The maximum atomic E-state index is 11.0. The normalized spacial score (nSPS) is 12.6. The number of rotatable bonds is 5. The fourth-order valence-electron chi connectivity index (χ4n) is 1.08. The molecule has 0 bridgehead atoms. The molecule has 0 heterocycles. The number of carbonyl (C=O) groups is 1. The third-order valence-corrected chi connectivity index (χ3v) is 1.61. The molecule has 0 radical (unpaired) electrons. The molecular weight excluding hydrogens is 138 g/mol. The lowest BCUT2D eigenvalue weighted by molar-refractivity contribution is -0.121. The van der Waals surface area contributed by atoms with Crippen molar-refractivity contribution in [3.05, 3.63) is 0 Å². The Bertz CT molecular complexity index is 112. The van der Waals surface area contributed by atoms with Gasteiger partial charge in [0, 0.05) is 12.5 Å². The molecule has 0 aromatic rings. The van der Waals surface area contributed by atoms with Crippen LogP contribution < -0.4 is 5.32 Å². The second kappa shape index (κ2) is 6.20. The minimum absolute atomic E-state index is 0.188. The van der Waals surface area contributed by atoms with Crippen molar-refractivity contribution in [3.8, 4) is 0 Å². The minimum atomic E-state index is 0.188. The maximum Gasteiger partial charge on any atom is 0.220 e. The average molecular weight is 157 g/mol. The zero-order valence-corrected chi connectivity index (χ0v) is 7.81. The van der Waals surface area contributed by atoms with Gasteiger partial charge in [0.05, 0.1) is 0 Å². The molecule has 0 spiro atoms. The zero-order valence-electron chi connectivity index (χ0n) is 7.81. The molecule has 1 N–H and O–H groups in total. The highest BCUT2D eigenvalue weighted by molar-refractivity contribution is 5.76. The zero-order chi connectivity index (χ0) is 8.69. The number of amides is 1. The van der Waals surface area contributed by atoms with Gasteiger partial charge < -0.3 is 5.32 Å². The summed E-state index contributed by atoms with van der Waals surface area (Å²) in [6.07, 6.45) is 3.81. The molecule has 1 amide bonds. The van der Waals surface area contributed by atoms with Crippen molar-refractivity contribution in [1.29, 1.82) is 0 Å². The number of carbonyl (C=O) groups excluding carboxylic acids is 1. The van der Waals surface area contributed by atoms with Gasteiger partial charge in [-0.2, -0.15) is 0 Å². The highest BCUT2D eigenvalue weighted by Gasteiger charge is 2.03. The van der Waals surface area contributed by atoms with E-state index in [9.17, 15) is 4.79 Å². The van der Waals surface area contributed by atoms with Crippen molar-refractivity contribution in [1.82, 2.24) is 5.32 Å². The van der Waals surface area contributed by atoms with Crippen molar-refractivity contribution in [2.75, 3.05) is 0 Å². The Morgan fingerprint density at radius 3 is 2.45 bits per heavy atom. The first-order valence-electron chi connectivity index (χ1n) is 4.50. The van der Waals surface area contributed by atoms with Gasteiger partial charge in [-0.1, -0.05) is 20.3 Å². The Kier molecular flexibility index (Phi) is 5.90. The van der Waals surface area contributed by atoms with Gasteiger partial charge in [-0.15, -0.1) is 0 Å². The van der Waals surface area contributed by atoms with Crippen LogP contribution >= 0.6 is 0 Å². The molecule has 0 fully saturated rings. The van der Waals surface area contributed by atoms with Gasteiger partial charge in [-0.25, -0.2) is 0 Å². The Morgan fingerprint density at radius 2 is 2.00 bits per heavy atom. The molecule has 0 aliphatic heterocycles. The van der Waals surface area contributed by atoms with Crippen LogP contribution in [-0.4, -0.2) is 11.9 Å². The van der Waals surface area contributed by atoms with Gasteiger partial charge in [-0.05, 0) is 19.8 Å². The number of hydrogen-bond donors (Lipinski definition) is 1. The minimum Gasteiger partial charge on any atom is -0.354 e. The van der Waals surface area contributed by atoms with E-state index in [4.69, 9.17) is 0 Å². The molecule has 0 rings (SSSR count). The van der Waals surface area contributed by atoms with Crippen LogP contribution in [-0.2, 0) is 4.79 Å². The highest BCUT2D eigenvalue weighted by Crippen LogP contribution is 1.96. The Balaban J connectivity index is 3.40. The molecular formula is C9H19NO. The summed E-state index contributed by atoms with van der Waals surface area (Å²) in [7, 11) is 0. The van der Waals surface area contributed by atoms with E-state index in [1.807, 2.05) is 6.92 Å². The fraction of sp³-hybridized carbons (Fsp3) is 0.889. The fourth-order valence-corrected chi connectivity index (χ4v) is 1.08. The van der Waals surface area contributed by atoms with Crippen LogP contribution in [0.1, 0.15) is 46.5 Å². The summed E-state index contributed by atoms with van der Waals surface area (Å²) in [5.41, 5.74) is 0. The summed E-state index contributed by atoms with van der Waals surface area (Å²) in [5, 5.41) is 2.94. The van der Waals surface area contributed by atoms with Crippen molar-refractivity contribution < 1.29 is 4.79 Å². The van der Waals surface area contributed by atoms with Gasteiger partial charge in [0.1, 0.15) is 0 Å². The van der Waals surface area contributed by atoms with E-state index < -0.39 is 0 Å². The number of nitrogens with one attached hydrogen (secondary N) is 1. The van der Waals surface area contributed by atoms with Crippen LogP contribution in [0.25, 0.3) is 0 Å². The first-order valence-corrected chi connectivity index (χ1v) is 4.50. The molecule has 66 valence electrons. The predicted octanol–water partition coefficient (Wildman–Crippen LogP) is 2.09. The van der Waals surface area contributed by atoms with Gasteiger partial charge in [0.2, 0.25) is 5.91 Å². The van der Waals surface area contributed by atoms with Crippen molar-refractivity contribution in [2.24, 2.45) is 0 Å². The first-order chi connectivity index (χ1) is 5.20. The molecule has 0 aromatic heterocycles. The molecule has 1 atom stereocenters. The van der Waals surface area contributed by atoms with Gasteiger partial charge in [-0.3, -0.25) is 4.79 Å². The molecule has 2 nitrogen and oxygen atoms in total. The van der Waals surface area contributed by atoms with Gasteiger partial charge >= 0.3 is 0 Å². The average Bonchev–Trinajstić information content (AvgIpc) is 1.87. The Labute approximate surface area is 69.4 Å². The van der Waals surface area contributed by atoms with Crippen LogP contribution in [0.3, 0.4) is 0 Å². The molecule has 2 heteroatoms. The summed E-state index contributed by atoms with van der Waals surface area (Å²) < 4.78 is 0. The molecule has 1 unspecified atom stereocenters. The van der Waals surface area contributed by atoms with E-state index in [0.29, 0.717) is 12.5 Å². The molecule has 0 saturated carbocycles. The van der Waals surface area contributed by atoms with Crippen molar-refractivity contribution in [2.45, 2.75) is 52.5 Å². The van der Waals surface area contributed by atoms with Crippen molar-refractivity contribution >= 4 is 5.91 Å². The maximum absolute atomic E-state index is 11.0. The Hall–Kier alpha value is -0.530. The predicted molar refractivity (Wildman–Crippen MR) is 47.4 cm³/mol. The van der Waals surface area contributed by atoms with E-state index in [1.54, 1.807) is 0 Å². The largest absolute Gasteiger partial charge is 0.354 e. The summed E-state index contributed by atoms with van der Waals surface area (Å²) in [6, 6.07) is 0.346. The van der Waals surface area contributed by atoms with E-state index in [2.05, 4.69) is 19.2 Å². The third kappa shape index (κ3) is 5.89. The molecule has 0 saturated heterocycles. The molecule has 0 aliphatic carbocycles. The second-order valence-corrected chi connectivity index (χ2v) is 3.01. The van der Waals surface area contributed by atoms with Gasteiger partial charge in [0.15, 0.2) is 0 Å². The van der Waals surface area contributed by atoms with Crippen molar-refractivity contribution in [3.63, 3.8) is 0 Å². The summed E-state index contributed by atoms with van der Waals surface area (Å²) >= 11 is 0. The lowest BCUT2D eigenvalue weighted by atomic mass is 10.2. The van der Waals surface area contributed by atoms with Gasteiger partial charge in [0.25, 0.3) is 0 Å². The lowest BCUT2D eigenvalue weighted by Gasteiger charge is -2.11. The van der Waals surface area contributed by atoms with Crippen LogP contribution in [0.15, 0.2) is 0 Å². The highest BCUT2D eigenvalue weighted by atomic mass is 16.1. The number of hydrogen-bond acceptors (Lipinski definition) is 1. The van der Waals surface area contributed by atoms with Crippen LogP contribution in [0, 0.1) is 0 Å². The molecule has 0 aliphatic rings. The van der Waals surface area contributed by atoms with E-state index >= 15 is 0 Å². The molecule has 0 aromatic carbocycles. The monoisotopic (exact) mass is 157 g/mol. The smallest absolute Gasteiger partial charge is 0.220 e. The SMILES string of the molecule is CCCC(=O)NC(C)CCC. The van der Waals surface area contributed by atoms with Crippen LogP contribution in [0.2, 0.25) is 0 Å². The van der Waals surface area contributed by atoms with E-state index in [0.717, 1.165) is 19.3 Å². The quantitative estimate of drug-likeness (QED) is 0.650. The standard InChI is InChI=1S/C9H19NO/c1-4-6-8(3)10-9(11)7-5-2/h8H,4-7H2,1-3H3,(H,10,11). The third-order valence-electron chi connectivity index (χ3n) is 1.61.